The summed E-state index contributed by atoms with van der Waals surface area (Å²) in [5.74, 6) is -0.561. The van der Waals surface area contributed by atoms with Crippen molar-refractivity contribution in [1.82, 2.24) is 10.2 Å². The molecule has 0 aromatic heterocycles. The van der Waals surface area contributed by atoms with Crippen LogP contribution in [0.4, 0.5) is 4.79 Å². The van der Waals surface area contributed by atoms with E-state index in [1.807, 2.05) is 13.8 Å². The van der Waals surface area contributed by atoms with Gasteiger partial charge in [-0.2, -0.15) is 0 Å². The lowest BCUT2D eigenvalue weighted by molar-refractivity contribution is -0.143. The minimum Gasteiger partial charge on any atom is -0.493 e. The average molecular weight is 383 g/mol. The molecule has 0 atom stereocenters. The second-order valence-electron chi connectivity index (χ2n) is 5.66. The van der Waals surface area contributed by atoms with E-state index in [4.69, 9.17) is 21.1 Å². The second kappa shape index (κ2) is 8.09. The first-order valence-corrected chi connectivity index (χ1v) is 8.10. The molecule has 1 heterocycles. The summed E-state index contributed by atoms with van der Waals surface area (Å²) >= 11 is 6.25. The van der Waals surface area contributed by atoms with Gasteiger partial charge in [0.1, 0.15) is 12.2 Å². The van der Waals surface area contributed by atoms with Crippen LogP contribution >= 0.6 is 11.6 Å². The molecule has 0 spiro atoms. The fraction of sp³-hybridized carbons (Fsp3) is 0.353. The molecule has 0 aliphatic carbocycles. The summed E-state index contributed by atoms with van der Waals surface area (Å²) in [7, 11) is 2.64. The van der Waals surface area contributed by atoms with E-state index >= 15 is 0 Å². The Morgan fingerprint density at radius 3 is 2.58 bits per heavy atom. The molecule has 0 radical (unpaired) electrons. The maximum Gasteiger partial charge on any atom is 0.329 e. The van der Waals surface area contributed by atoms with Crippen molar-refractivity contribution in [3.05, 3.63) is 28.4 Å². The van der Waals surface area contributed by atoms with Crippen LogP contribution in [0.5, 0.6) is 11.5 Å². The van der Waals surface area contributed by atoms with Crippen molar-refractivity contribution >= 4 is 35.6 Å². The molecule has 1 aromatic carbocycles. The van der Waals surface area contributed by atoms with Gasteiger partial charge in [0.25, 0.3) is 5.91 Å². The van der Waals surface area contributed by atoms with Gasteiger partial charge in [0.2, 0.25) is 0 Å². The minimum absolute atomic E-state index is 0.00884. The molecule has 3 amide bonds. The Morgan fingerprint density at radius 1 is 1.31 bits per heavy atom. The van der Waals surface area contributed by atoms with Crippen LogP contribution in [-0.2, 0) is 14.3 Å². The van der Waals surface area contributed by atoms with E-state index in [-0.39, 0.29) is 11.8 Å². The van der Waals surface area contributed by atoms with E-state index in [0.29, 0.717) is 22.1 Å². The molecule has 2 rings (SSSR count). The zero-order chi connectivity index (χ0) is 19.4. The second-order valence-corrected chi connectivity index (χ2v) is 6.06. The van der Waals surface area contributed by atoms with E-state index in [0.717, 1.165) is 4.90 Å². The smallest absolute Gasteiger partial charge is 0.329 e. The lowest BCUT2D eigenvalue weighted by atomic mass is 10.1. The number of hydrogen-bond acceptors (Lipinski definition) is 6. The number of carbonyl (C=O) groups is 3. The summed E-state index contributed by atoms with van der Waals surface area (Å²) in [4.78, 5) is 36.2. The van der Waals surface area contributed by atoms with Gasteiger partial charge in [0.15, 0.2) is 11.5 Å². The van der Waals surface area contributed by atoms with Crippen LogP contribution in [0.3, 0.4) is 0 Å². The lowest BCUT2D eigenvalue weighted by Gasteiger charge is -2.15. The summed E-state index contributed by atoms with van der Waals surface area (Å²) in [5, 5.41) is 2.71. The zero-order valence-electron chi connectivity index (χ0n) is 14.8. The van der Waals surface area contributed by atoms with Crippen molar-refractivity contribution in [1.29, 1.82) is 0 Å². The number of hydrogen-bond donors (Lipinski definition) is 1. The maximum absolute atomic E-state index is 12.3. The monoisotopic (exact) mass is 382 g/mol. The molecular weight excluding hydrogens is 364 g/mol. The molecule has 1 aliphatic heterocycles. The van der Waals surface area contributed by atoms with Gasteiger partial charge in [-0.05, 0) is 37.6 Å². The number of urea groups is 1. The molecule has 1 aliphatic rings. The number of carbonyl (C=O) groups excluding carboxylic acids is 3. The van der Waals surface area contributed by atoms with Crippen molar-refractivity contribution < 1.29 is 28.6 Å². The van der Waals surface area contributed by atoms with E-state index in [1.54, 1.807) is 12.1 Å². The first-order valence-electron chi connectivity index (χ1n) is 7.72. The predicted molar refractivity (Wildman–Crippen MR) is 94.0 cm³/mol. The highest BCUT2D eigenvalue weighted by atomic mass is 35.5. The molecule has 1 aromatic rings. The largest absolute Gasteiger partial charge is 0.493 e. The Hall–Kier alpha value is -2.74. The molecular formula is C17H19ClN2O6. The van der Waals surface area contributed by atoms with Crippen LogP contribution in [-0.4, -0.2) is 49.7 Å². The molecule has 1 saturated heterocycles. The van der Waals surface area contributed by atoms with Crippen LogP contribution in [0.15, 0.2) is 17.8 Å². The van der Waals surface area contributed by atoms with E-state index in [2.05, 4.69) is 10.1 Å². The van der Waals surface area contributed by atoms with Crippen molar-refractivity contribution in [2.24, 2.45) is 0 Å². The molecule has 0 saturated carbocycles. The van der Waals surface area contributed by atoms with Crippen LogP contribution in [0.25, 0.3) is 6.08 Å². The van der Waals surface area contributed by atoms with E-state index in [1.165, 1.54) is 20.3 Å². The SMILES string of the molecule is COC(=O)CN1C(=O)NC(=Cc2cc(Cl)c(OC(C)C)c(OC)c2)C1=O. The number of esters is 1. The number of amides is 3. The average Bonchev–Trinajstić information content (AvgIpc) is 2.84. The molecule has 0 bridgehead atoms. The number of ether oxygens (including phenoxy) is 3. The Balaban J connectivity index is 2.32. The molecule has 1 fully saturated rings. The minimum atomic E-state index is -0.704. The summed E-state index contributed by atoms with van der Waals surface area (Å²) in [5.41, 5.74) is 0.529. The third kappa shape index (κ3) is 4.26. The Labute approximate surface area is 155 Å². The summed E-state index contributed by atoms with van der Waals surface area (Å²) < 4.78 is 15.4. The number of methoxy groups -OCH3 is 2. The van der Waals surface area contributed by atoms with Crippen molar-refractivity contribution in [3.63, 3.8) is 0 Å². The highest BCUT2D eigenvalue weighted by Crippen LogP contribution is 2.37. The number of benzene rings is 1. The van der Waals surface area contributed by atoms with E-state index in [9.17, 15) is 14.4 Å². The third-order valence-electron chi connectivity index (χ3n) is 3.39. The Bertz CT molecular complexity index is 775. The third-order valence-corrected chi connectivity index (χ3v) is 3.67. The standard InChI is InChI=1S/C17H19ClN2O6/c1-9(2)26-15-11(18)5-10(7-13(15)24-3)6-12-16(22)20(17(23)19-12)8-14(21)25-4/h5-7,9H,8H2,1-4H3,(H,19,23). The van der Waals surface area contributed by atoms with Crippen molar-refractivity contribution in [3.8, 4) is 11.5 Å². The first kappa shape index (κ1) is 19.6. The molecule has 8 nitrogen and oxygen atoms in total. The highest BCUT2D eigenvalue weighted by molar-refractivity contribution is 6.32. The quantitative estimate of drug-likeness (QED) is 0.460. The van der Waals surface area contributed by atoms with Gasteiger partial charge >= 0.3 is 12.0 Å². The van der Waals surface area contributed by atoms with Gasteiger partial charge in [-0.15, -0.1) is 0 Å². The topological polar surface area (TPSA) is 94.2 Å². The zero-order valence-corrected chi connectivity index (χ0v) is 15.5. The number of nitrogens with zero attached hydrogens (tertiary/aromatic N) is 1. The van der Waals surface area contributed by atoms with Crippen molar-refractivity contribution in [2.75, 3.05) is 20.8 Å². The van der Waals surface area contributed by atoms with Gasteiger partial charge in [0.05, 0.1) is 25.3 Å². The number of imide groups is 1. The van der Waals surface area contributed by atoms with Crippen LogP contribution < -0.4 is 14.8 Å². The Kier molecular flexibility index (Phi) is 6.10. The lowest BCUT2D eigenvalue weighted by Crippen LogP contribution is -2.36. The fourth-order valence-electron chi connectivity index (χ4n) is 2.25. The van der Waals surface area contributed by atoms with Crippen LogP contribution in [0.1, 0.15) is 19.4 Å². The van der Waals surface area contributed by atoms with Gasteiger partial charge in [0, 0.05) is 0 Å². The van der Waals surface area contributed by atoms with Gasteiger partial charge in [-0.3, -0.25) is 9.59 Å². The first-order chi connectivity index (χ1) is 12.3. The normalized spacial score (nSPS) is 15.5. The molecule has 9 heteroatoms. The maximum atomic E-state index is 12.3. The van der Waals surface area contributed by atoms with Gasteiger partial charge in [-0.25, -0.2) is 9.69 Å². The Morgan fingerprint density at radius 2 is 2.00 bits per heavy atom. The molecule has 0 unspecified atom stereocenters. The summed E-state index contributed by atoms with van der Waals surface area (Å²) in [6, 6.07) is 2.50. The van der Waals surface area contributed by atoms with Gasteiger partial charge < -0.3 is 19.5 Å². The number of rotatable bonds is 6. The number of halogens is 1. The van der Waals surface area contributed by atoms with E-state index < -0.39 is 24.5 Å². The summed E-state index contributed by atoms with van der Waals surface area (Å²) in [6.45, 7) is 3.24. The molecule has 26 heavy (non-hydrogen) atoms. The predicted octanol–water partition coefficient (Wildman–Crippen LogP) is 2.20. The van der Waals surface area contributed by atoms with Gasteiger partial charge in [-0.1, -0.05) is 11.6 Å². The fourth-order valence-corrected chi connectivity index (χ4v) is 2.51. The van der Waals surface area contributed by atoms with Crippen LogP contribution in [0.2, 0.25) is 5.02 Å². The molecule has 140 valence electrons. The van der Waals surface area contributed by atoms with Crippen molar-refractivity contribution in [2.45, 2.75) is 20.0 Å². The number of nitrogens with one attached hydrogen (secondary N) is 1. The summed E-state index contributed by atoms with van der Waals surface area (Å²) in [6.07, 6.45) is 1.33. The van der Waals surface area contributed by atoms with Crippen LogP contribution in [0, 0.1) is 0 Å². The highest BCUT2D eigenvalue weighted by Gasteiger charge is 2.35. The molecule has 1 N–H and O–H groups in total.